The number of hydrogen-bond donors (Lipinski definition) is 1. The summed E-state index contributed by atoms with van der Waals surface area (Å²) in [4.78, 5) is 12.5. The molecule has 19 heavy (non-hydrogen) atoms. The van der Waals surface area contributed by atoms with Crippen LogP contribution in [0.25, 0.3) is 0 Å². The first-order valence-corrected chi connectivity index (χ1v) is 6.56. The molecule has 0 bridgehead atoms. The summed E-state index contributed by atoms with van der Waals surface area (Å²) in [6, 6.07) is 10.5. The van der Waals surface area contributed by atoms with Crippen molar-refractivity contribution in [2.24, 2.45) is 0 Å². The molecule has 0 radical (unpaired) electrons. The molecule has 0 heterocycles. The highest BCUT2D eigenvalue weighted by molar-refractivity contribution is 9.10. The van der Waals surface area contributed by atoms with Crippen LogP contribution in [0, 0.1) is 6.92 Å². The van der Waals surface area contributed by atoms with Gasteiger partial charge in [0, 0.05) is 15.7 Å². The number of ketones is 1. The molecule has 2 aromatic rings. The summed E-state index contributed by atoms with van der Waals surface area (Å²) < 4.78 is 6.16. The molecule has 98 valence electrons. The average Bonchev–Trinajstić information content (AvgIpc) is 2.40. The van der Waals surface area contributed by atoms with E-state index in [0.717, 1.165) is 10.0 Å². The van der Waals surface area contributed by atoms with Gasteiger partial charge in [0.1, 0.15) is 5.75 Å². The minimum Gasteiger partial charge on any atom is -0.496 e. The average molecular weight is 320 g/mol. The Bertz CT molecular complexity index is 638. The second-order valence-corrected chi connectivity index (χ2v) is 5.11. The fraction of sp³-hybridized carbons (Fsp3) is 0.133. The Labute approximate surface area is 120 Å². The molecule has 0 aliphatic heterocycles. The van der Waals surface area contributed by atoms with Crippen molar-refractivity contribution in [3.63, 3.8) is 0 Å². The maximum absolute atomic E-state index is 12.5. The van der Waals surface area contributed by atoms with E-state index in [9.17, 15) is 4.79 Å². The summed E-state index contributed by atoms with van der Waals surface area (Å²) in [5.41, 5.74) is 8.36. The Hall–Kier alpha value is -1.81. The molecular formula is C15H14BrNO2. The van der Waals surface area contributed by atoms with E-state index in [1.54, 1.807) is 37.4 Å². The lowest BCUT2D eigenvalue weighted by Gasteiger charge is -2.10. The van der Waals surface area contributed by atoms with E-state index in [4.69, 9.17) is 10.5 Å². The van der Waals surface area contributed by atoms with Gasteiger partial charge in [-0.05, 0) is 36.8 Å². The van der Waals surface area contributed by atoms with Gasteiger partial charge in [-0.3, -0.25) is 4.79 Å². The Morgan fingerprint density at radius 2 is 2.00 bits per heavy atom. The number of nitrogens with two attached hydrogens (primary N) is 1. The van der Waals surface area contributed by atoms with Gasteiger partial charge in [0.05, 0.1) is 12.7 Å². The molecule has 2 rings (SSSR count). The molecule has 0 fully saturated rings. The van der Waals surface area contributed by atoms with Gasteiger partial charge in [-0.15, -0.1) is 0 Å². The van der Waals surface area contributed by atoms with E-state index < -0.39 is 0 Å². The summed E-state index contributed by atoms with van der Waals surface area (Å²) in [6.45, 7) is 1.95. The number of carbonyl (C=O) groups is 1. The SMILES string of the molecule is COc1cc(C)c(Br)cc1C(=O)c1cccc(N)c1. The van der Waals surface area contributed by atoms with Crippen molar-refractivity contribution in [2.45, 2.75) is 6.92 Å². The van der Waals surface area contributed by atoms with Crippen molar-refractivity contribution in [3.05, 3.63) is 57.6 Å². The van der Waals surface area contributed by atoms with Gasteiger partial charge in [0.2, 0.25) is 0 Å². The zero-order chi connectivity index (χ0) is 14.0. The van der Waals surface area contributed by atoms with Crippen LogP contribution in [0.1, 0.15) is 21.5 Å². The monoisotopic (exact) mass is 319 g/mol. The van der Waals surface area contributed by atoms with Crippen LogP contribution in [0.3, 0.4) is 0 Å². The van der Waals surface area contributed by atoms with Gasteiger partial charge in [0.25, 0.3) is 0 Å². The molecule has 0 saturated heterocycles. The fourth-order valence-corrected chi connectivity index (χ4v) is 2.18. The molecule has 3 nitrogen and oxygen atoms in total. The predicted octanol–water partition coefficient (Wildman–Crippen LogP) is 3.58. The van der Waals surface area contributed by atoms with Crippen LogP contribution in [0.5, 0.6) is 5.75 Å². The molecule has 0 aromatic heterocycles. The molecule has 2 N–H and O–H groups in total. The van der Waals surface area contributed by atoms with Crippen molar-refractivity contribution in [3.8, 4) is 5.75 Å². The number of benzene rings is 2. The normalized spacial score (nSPS) is 10.3. The number of hydrogen-bond acceptors (Lipinski definition) is 3. The second kappa shape index (κ2) is 5.45. The fourth-order valence-electron chi connectivity index (χ4n) is 1.84. The maximum Gasteiger partial charge on any atom is 0.196 e. The number of nitrogen functional groups attached to an aromatic ring is 1. The smallest absolute Gasteiger partial charge is 0.196 e. The van der Waals surface area contributed by atoms with Crippen LogP contribution in [0.4, 0.5) is 5.69 Å². The molecule has 0 atom stereocenters. The first kappa shape index (κ1) is 13.6. The Balaban J connectivity index is 2.52. The Kier molecular flexibility index (Phi) is 3.90. The van der Waals surface area contributed by atoms with E-state index in [0.29, 0.717) is 22.6 Å². The van der Waals surface area contributed by atoms with E-state index >= 15 is 0 Å². The summed E-state index contributed by atoms with van der Waals surface area (Å²) in [5.74, 6) is 0.456. The molecule has 0 amide bonds. The van der Waals surface area contributed by atoms with Crippen LogP contribution in [-0.2, 0) is 0 Å². The molecule has 0 saturated carbocycles. The lowest BCUT2D eigenvalue weighted by Crippen LogP contribution is -2.05. The third-order valence-corrected chi connectivity index (χ3v) is 3.73. The largest absolute Gasteiger partial charge is 0.496 e. The first-order chi connectivity index (χ1) is 9.02. The van der Waals surface area contributed by atoms with E-state index in [1.807, 2.05) is 13.0 Å². The van der Waals surface area contributed by atoms with Crippen LogP contribution in [0.15, 0.2) is 40.9 Å². The quantitative estimate of drug-likeness (QED) is 0.695. The highest BCUT2D eigenvalue weighted by atomic mass is 79.9. The number of methoxy groups -OCH3 is 1. The highest BCUT2D eigenvalue weighted by Crippen LogP contribution is 2.29. The van der Waals surface area contributed by atoms with Gasteiger partial charge in [0.15, 0.2) is 5.78 Å². The van der Waals surface area contributed by atoms with Crippen molar-refractivity contribution in [1.82, 2.24) is 0 Å². The topological polar surface area (TPSA) is 52.3 Å². The Morgan fingerprint density at radius 3 is 2.63 bits per heavy atom. The summed E-state index contributed by atoms with van der Waals surface area (Å²) in [6.07, 6.45) is 0. The van der Waals surface area contributed by atoms with Crippen LogP contribution in [-0.4, -0.2) is 12.9 Å². The predicted molar refractivity (Wildman–Crippen MR) is 79.7 cm³/mol. The van der Waals surface area contributed by atoms with Crippen LogP contribution in [0.2, 0.25) is 0 Å². The zero-order valence-electron chi connectivity index (χ0n) is 10.7. The molecular weight excluding hydrogens is 306 g/mol. The molecule has 4 heteroatoms. The number of aryl methyl sites for hydroxylation is 1. The van der Waals surface area contributed by atoms with Gasteiger partial charge in [-0.25, -0.2) is 0 Å². The third-order valence-electron chi connectivity index (χ3n) is 2.87. The summed E-state index contributed by atoms with van der Waals surface area (Å²) in [7, 11) is 1.55. The van der Waals surface area contributed by atoms with Gasteiger partial charge < -0.3 is 10.5 Å². The molecule has 2 aromatic carbocycles. The highest BCUT2D eigenvalue weighted by Gasteiger charge is 2.16. The summed E-state index contributed by atoms with van der Waals surface area (Å²) in [5, 5.41) is 0. The molecule has 0 spiro atoms. The van der Waals surface area contributed by atoms with E-state index in [-0.39, 0.29) is 5.78 Å². The molecule has 0 aliphatic rings. The number of anilines is 1. The number of ether oxygens (including phenoxy) is 1. The van der Waals surface area contributed by atoms with Crippen molar-refractivity contribution >= 4 is 27.4 Å². The standard InChI is InChI=1S/C15H14BrNO2/c1-9-6-14(19-2)12(8-13(9)16)15(18)10-4-3-5-11(17)7-10/h3-8H,17H2,1-2H3. The van der Waals surface area contributed by atoms with Gasteiger partial charge >= 0.3 is 0 Å². The lowest BCUT2D eigenvalue weighted by atomic mass is 10.0. The lowest BCUT2D eigenvalue weighted by molar-refractivity contribution is 0.103. The minimum absolute atomic E-state index is 0.107. The summed E-state index contributed by atoms with van der Waals surface area (Å²) >= 11 is 3.43. The molecule has 0 aliphatic carbocycles. The minimum atomic E-state index is -0.107. The zero-order valence-corrected chi connectivity index (χ0v) is 12.3. The number of halogens is 1. The van der Waals surface area contributed by atoms with Gasteiger partial charge in [-0.2, -0.15) is 0 Å². The number of rotatable bonds is 3. The first-order valence-electron chi connectivity index (χ1n) is 5.77. The van der Waals surface area contributed by atoms with Crippen molar-refractivity contribution in [2.75, 3.05) is 12.8 Å². The van der Waals surface area contributed by atoms with Crippen molar-refractivity contribution in [1.29, 1.82) is 0 Å². The van der Waals surface area contributed by atoms with Gasteiger partial charge in [-0.1, -0.05) is 28.1 Å². The van der Waals surface area contributed by atoms with Crippen LogP contribution < -0.4 is 10.5 Å². The maximum atomic E-state index is 12.5. The molecule has 0 unspecified atom stereocenters. The van der Waals surface area contributed by atoms with Crippen molar-refractivity contribution < 1.29 is 9.53 Å². The van der Waals surface area contributed by atoms with E-state index in [2.05, 4.69) is 15.9 Å². The van der Waals surface area contributed by atoms with Crippen LogP contribution >= 0.6 is 15.9 Å². The van der Waals surface area contributed by atoms with E-state index in [1.165, 1.54) is 0 Å². The third kappa shape index (κ3) is 2.79. The number of carbonyl (C=O) groups excluding carboxylic acids is 1. The second-order valence-electron chi connectivity index (χ2n) is 4.26. The Morgan fingerprint density at radius 1 is 1.26 bits per heavy atom.